The normalized spacial score (nSPS) is 10.9. The number of hydrogen-bond donors (Lipinski definition) is 2. The number of aromatic nitrogens is 3. The van der Waals surface area contributed by atoms with Crippen LogP contribution in [0, 0.1) is 6.92 Å². The van der Waals surface area contributed by atoms with Gasteiger partial charge in [-0.2, -0.15) is 0 Å². The lowest BCUT2D eigenvalue weighted by atomic mass is 10.1. The molecule has 2 N–H and O–H groups in total. The van der Waals surface area contributed by atoms with Crippen LogP contribution in [0.15, 0.2) is 55.0 Å². The van der Waals surface area contributed by atoms with Crippen LogP contribution in [0.2, 0.25) is 0 Å². The van der Waals surface area contributed by atoms with Crippen molar-refractivity contribution < 1.29 is 4.79 Å². The van der Waals surface area contributed by atoms with E-state index < -0.39 is 0 Å². The maximum absolute atomic E-state index is 12.4. The summed E-state index contributed by atoms with van der Waals surface area (Å²) in [6, 6.07) is 11.5. The molecule has 5 nitrogen and oxygen atoms in total. The number of aryl methyl sites for hydroxylation is 1. The highest BCUT2D eigenvalue weighted by molar-refractivity contribution is 7.15. The van der Waals surface area contributed by atoms with E-state index >= 15 is 0 Å². The van der Waals surface area contributed by atoms with Crippen molar-refractivity contribution in [1.82, 2.24) is 20.3 Å². The molecule has 1 aromatic carbocycles. The first-order chi connectivity index (χ1) is 12.2. The van der Waals surface area contributed by atoms with Gasteiger partial charge in [-0.05, 0) is 43.3 Å². The zero-order valence-corrected chi connectivity index (χ0v) is 14.4. The number of carbonyl (C=O) groups is 1. The molecule has 3 aromatic heterocycles. The summed E-state index contributed by atoms with van der Waals surface area (Å²) in [5.41, 5.74) is 3.61. The van der Waals surface area contributed by atoms with Crippen molar-refractivity contribution in [2.24, 2.45) is 0 Å². The summed E-state index contributed by atoms with van der Waals surface area (Å²) in [5.74, 6) is -0.0844. The maximum atomic E-state index is 12.4. The van der Waals surface area contributed by atoms with Gasteiger partial charge in [0.2, 0.25) is 0 Å². The average Bonchev–Trinajstić information content (AvgIpc) is 3.26. The highest BCUT2D eigenvalue weighted by atomic mass is 32.1. The molecule has 0 spiro atoms. The number of thiazole rings is 1. The Morgan fingerprint density at radius 2 is 2.20 bits per heavy atom. The fraction of sp³-hybridized carbons (Fsp3) is 0.105. The molecule has 0 fully saturated rings. The molecule has 0 saturated carbocycles. The molecule has 4 aromatic rings. The molecule has 0 saturated heterocycles. The Labute approximate surface area is 148 Å². The second kappa shape index (κ2) is 6.49. The maximum Gasteiger partial charge on any atom is 0.251 e. The summed E-state index contributed by atoms with van der Waals surface area (Å²) in [6.07, 6.45) is 5.41. The number of hydrogen-bond acceptors (Lipinski definition) is 4. The van der Waals surface area contributed by atoms with Gasteiger partial charge in [-0.3, -0.25) is 9.78 Å². The summed E-state index contributed by atoms with van der Waals surface area (Å²) in [7, 11) is 0. The number of rotatable bonds is 4. The summed E-state index contributed by atoms with van der Waals surface area (Å²) in [4.78, 5) is 25.3. The molecule has 0 aliphatic carbocycles. The van der Waals surface area contributed by atoms with E-state index in [1.165, 1.54) is 0 Å². The van der Waals surface area contributed by atoms with Gasteiger partial charge in [0.05, 0.1) is 12.2 Å². The highest BCUT2D eigenvalue weighted by Crippen LogP contribution is 2.27. The van der Waals surface area contributed by atoms with Crippen molar-refractivity contribution in [3.8, 4) is 10.6 Å². The van der Waals surface area contributed by atoms with Gasteiger partial charge in [-0.15, -0.1) is 11.3 Å². The number of nitrogens with one attached hydrogen (secondary N) is 2. The van der Waals surface area contributed by atoms with Crippen molar-refractivity contribution >= 4 is 28.1 Å². The predicted octanol–water partition coefficient (Wildman–Crippen LogP) is 3.92. The molecule has 0 radical (unpaired) electrons. The number of pyridine rings is 1. The molecule has 25 heavy (non-hydrogen) atoms. The molecule has 4 rings (SSSR count). The minimum absolute atomic E-state index is 0.0844. The third-order valence-electron chi connectivity index (χ3n) is 4.03. The average molecular weight is 348 g/mol. The van der Waals surface area contributed by atoms with Crippen LogP contribution < -0.4 is 5.32 Å². The van der Waals surface area contributed by atoms with Crippen LogP contribution in [0.4, 0.5) is 0 Å². The fourth-order valence-electron chi connectivity index (χ4n) is 2.66. The third kappa shape index (κ3) is 3.16. The lowest BCUT2D eigenvalue weighted by Gasteiger charge is -2.04. The fourth-order valence-corrected chi connectivity index (χ4v) is 3.65. The van der Waals surface area contributed by atoms with E-state index in [0.717, 1.165) is 32.0 Å². The molecule has 0 aliphatic rings. The van der Waals surface area contributed by atoms with Gasteiger partial charge in [-0.25, -0.2) is 4.98 Å². The number of nitrogens with zero attached hydrogens (tertiary/aromatic N) is 2. The van der Waals surface area contributed by atoms with Gasteiger partial charge in [0.25, 0.3) is 5.91 Å². The summed E-state index contributed by atoms with van der Waals surface area (Å²) < 4.78 is 0. The van der Waals surface area contributed by atoms with Gasteiger partial charge >= 0.3 is 0 Å². The number of fused-ring (bicyclic) bond motifs is 1. The number of carbonyl (C=O) groups excluding carboxylic acids is 1. The van der Waals surface area contributed by atoms with E-state index in [9.17, 15) is 4.79 Å². The Morgan fingerprint density at radius 3 is 3.04 bits per heavy atom. The van der Waals surface area contributed by atoms with Crippen LogP contribution >= 0.6 is 11.3 Å². The zero-order valence-electron chi connectivity index (χ0n) is 13.6. The lowest BCUT2D eigenvalue weighted by Crippen LogP contribution is -2.22. The van der Waals surface area contributed by atoms with Gasteiger partial charge in [0.1, 0.15) is 5.01 Å². The lowest BCUT2D eigenvalue weighted by molar-refractivity contribution is 0.0951. The highest BCUT2D eigenvalue weighted by Gasteiger charge is 2.12. The second-order valence-electron chi connectivity index (χ2n) is 5.73. The van der Waals surface area contributed by atoms with Crippen LogP contribution in [0.5, 0.6) is 0 Å². The Kier molecular flexibility index (Phi) is 4.03. The number of amides is 1. The molecular weight excluding hydrogens is 332 g/mol. The van der Waals surface area contributed by atoms with Crippen LogP contribution in [0.25, 0.3) is 21.5 Å². The molecule has 0 bridgehead atoms. The van der Waals surface area contributed by atoms with Gasteiger partial charge in [0, 0.05) is 45.5 Å². The minimum Gasteiger partial charge on any atom is -0.361 e. The van der Waals surface area contributed by atoms with Crippen molar-refractivity contribution in [2.75, 3.05) is 0 Å². The van der Waals surface area contributed by atoms with E-state index in [0.29, 0.717) is 12.1 Å². The first kappa shape index (κ1) is 15.5. The molecular formula is C19H16N4OS. The Morgan fingerprint density at radius 1 is 1.28 bits per heavy atom. The number of aromatic amines is 1. The molecule has 3 heterocycles. The van der Waals surface area contributed by atoms with E-state index in [-0.39, 0.29) is 5.91 Å². The number of benzene rings is 1. The Bertz CT molecular complexity index is 1040. The summed E-state index contributed by atoms with van der Waals surface area (Å²) in [5, 5.41) is 4.93. The molecule has 0 aliphatic heterocycles. The molecule has 0 unspecified atom stereocenters. The molecule has 6 heteroatoms. The third-order valence-corrected chi connectivity index (χ3v) is 5.23. The van der Waals surface area contributed by atoms with E-state index in [4.69, 9.17) is 0 Å². The van der Waals surface area contributed by atoms with Crippen molar-refractivity contribution in [2.45, 2.75) is 13.5 Å². The van der Waals surface area contributed by atoms with Crippen LogP contribution in [0.1, 0.15) is 20.9 Å². The minimum atomic E-state index is -0.0844. The number of H-pyrrole nitrogens is 1. The summed E-state index contributed by atoms with van der Waals surface area (Å²) in [6.45, 7) is 2.43. The first-order valence-corrected chi connectivity index (χ1v) is 8.74. The van der Waals surface area contributed by atoms with Crippen LogP contribution in [0.3, 0.4) is 0 Å². The zero-order chi connectivity index (χ0) is 17.2. The summed E-state index contributed by atoms with van der Waals surface area (Å²) >= 11 is 1.58. The van der Waals surface area contributed by atoms with Crippen molar-refractivity contribution in [3.05, 3.63) is 71.1 Å². The Balaban J connectivity index is 1.49. The van der Waals surface area contributed by atoms with Gasteiger partial charge < -0.3 is 10.3 Å². The van der Waals surface area contributed by atoms with Crippen molar-refractivity contribution in [1.29, 1.82) is 0 Å². The molecule has 0 atom stereocenters. The van der Waals surface area contributed by atoms with E-state index in [1.54, 1.807) is 23.7 Å². The van der Waals surface area contributed by atoms with Gasteiger partial charge in [-0.1, -0.05) is 0 Å². The standard InChI is InChI=1S/C19H16N4OS/c1-12-17(25-19(23-12)15-3-2-7-20-10-15)11-22-18(24)14-4-5-16-13(9-14)6-8-21-16/h2-10,21H,11H2,1H3,(H,22,24). The SMILES string of the molecule is Cc1nc(-c2cccnc2)sc1CNC(=O)c1ccc2[nH]ccc2c1. The monoisotopic (exact) mass is 348 g/mol. The second-order valence-corrected chi connectivity index (χ2v) is 6.82. The first-order valence-electron chi connectivity index (χ1n) is 7.93. The van der Waals surface area contributed by atoms with Crippen LogP contribution in [-0.2, 0) is 6.54 Å². The topological polar surface area (TPSA) is 70.7 Å². The van der Waals surface area contributed by atoms with Crippen LogP contribution in [-0.4, -0.2) is 20.9 Å². The largest absolute Gasteiger partial charge is 0.361 e. The molecule has 1 amide bonds. The van der Waals surface area contributed by atoms with E-state index in [2.05, 4.69) is 20.3 Å². The van der Waals surface area contributed by atoms with E-state index in [1.807, 2.05) is 49.5 Å². The quantitative estimate of drug-likeness (QED) is 0.587. The molecule has 124 valence electrons. The Hall–Kier alpha value is -2.99. The predicted molar refractivity (Wildman–Crippen MR) is 99.6 cm³/mol. The van der Waals surface area contributed by atoms with Gasteiger partial charge in [0.15, 0.2) is 0 Å². The smallest absolute Gasteiger partial charge is 0.251 e. The van der Waals surface area contributed by atoms with Crippen molar-refractivity contribution in [3.63, 3.8) is 0 Å².